The lowest BCUT2D eigenvalue weighted by atomic mass is 10.2. The summed E-state index contributed by atoms with van der Waals surface area (Å²) in [7, 11) is 0.974. The molecule has 0 aliphatic carbocycles. The molecule has 3 aromatic heterocycles. The maximum atomic E-state index is 13.0. The molecule has 3 aromatic rings. The second kappa shape index (κ2) is 7.48. The van der Waals surface area contributed by atoms with E-state index in [1.807, 2.05) is 0 Å². The monoisotopic (exact) mass is 434 g/mol. The van der Waals surface area contributed by atoms with Crippen molar-refractivity contribution in [2.45, 2.75) is 4.90 Å². The van der Waals surface area contributed by atoms with Gasteiger partial charge >= 0.3 is 0 Å². The second-order valence-corrected chi connectivity index (χ2v) is 10.1. The quantitative estimate of drug-likeness (QED) is 0.601. The average Bonchev–Trinajstić information content (AvgIpc) is 3.23. The summed E-state index contributed by atoms with van der Waals surface area (Å²) in [5.74, 6) is 0.763. The van der Waals surface area contributed by atoms with E-state index in [0.717, 1.165) is 36.3 Å². The number of rotatable bonds is 4. The number of hydrogen-bond donors (Lipinski definition) is 0. The number of thiazole rings is 1. The third kappa shape index (κ3) is 3.54. The Morgan fingerprint density at radius 1 is 1.14 bits per heavy atom. The van der Waals surface area contributed by atoms with Crippen LogP contribution < -0.4 is 10.3 Å². The van der Waals surface area contributed by atoms with Gasteiger partial charge in [-0.1, -0.05) is 0 Å². The largest absolute Gasteiger partial charge is 0.354 e. The summed E-state index contributed by atoms with van der Waals surface area (Å²) in [5.41, 5.74) is -0.155. The highest BCUT2D eigenvalue weighted by Gasteiger charge is 2.26. The van der Waals surface area contributed by atoms with Crippen molar-refractivity contribution < 1.29 is 8.42 Å². The van der Waals surface area contributed by atoms with Gasteiger partial charge in [0.2, 0.25) is 15.5 Å². The zero-order valence-electron chi connectivity index (χ0n) is 16.4. The molecule has 1 fully saturated rings. The lowest BCUT2D eigenvalue weighted by Gasteiger charge is -2.33. The van der Waals surface area contributed by atoms with Crippen LogP contribution >= 0.6 is 11.3 Å². The van der Waals surface area contributed by atoms with E-state index in [1.54, 1.807) is 28.3 Å². The number of nitrogens with zero attached hydrogens (tertiary/aromatic N) is 6. The number of hydrogen-bond acceptors (Lipinski definition) is 8. The molecule has 0 aromatic carbocycles. The van der Waals surface area contributed by atoms with Crippen LogP contribution in [0.4, 0.5) is 5.82 Å². The molecule has 154 valence electrons. The Labute approximate surface area is 172 Å². The maximum Gasteiger partial charge on any atom is 0.247 e. The molecule has 1 aliphatic rings. The Bertz CT molecular complexity index is 1200. The number of aromatic nitrogens is 3. The van der Waals surface area contributed by atoms with Crippen molar-refractivity contribution in [2.24, 2.45) is 0 Å². The van der Waals surface area contributed by atoms with E-state index < -0.39 is 15.5 Å². The zero-order valence-corrected chi connectivity index (χ0v) is 18.1. The lowest BCUT2D eigenvalue weighted by Crippen LogP contribution is -2.44. The topological polar surface area (TPSA) is 91.6 Å². The van der Waals surface area contributed by atoms with Crippen molar-refractivity contribution >= 4 is 38.2 Å². The first-order valence-electron chi connectivity index (χ1n) is 9.11. The minimum absolute atomic E-state index is 0.251. The van der Waals surface area contributed by atoms with Crippen molar-refractivity contribution in [1.82, 2.24) is 23.7 Å². The molecule has 11 heteroatoms. The zero-order chi connectivity index (χ0) is 20.8. The highest BCUT2D eigenvalue weighted by atomic mass is 32.2. The fourth-order valence-corrected chi connectivity index (χ4v) is 4.84. The van der Waals surface area contributed by atoms with Gasteiger partial charge in [-0.3, -0.25) is 9.36 Å². The Kier molecular flexibility index (Phi) is 5.15. The molecule has 0 saturated carbocycles. The second-order valence-electron chi connectivity index (χ2n) is 7.13. The molecule has 29 heavy (non-hydrogen) atoms. The van der Waals surface area contributed by atoms with Crippen LogP contribution in [0.5, 0.6) is 0 Å². The molecule has 1 aliphatic heterocycles. The SMILES string of the molecule is CN1CCN(c2ccc3c(=O)c(S(=O)(=O)N(C)C)cn(-c4nccs4)c3n2)CC1. The summed E-state index contributed by atoms with van der Waals surface area (Å²) in [6, 6.07) is 3.45. The van der Waals surface area contributed by atoms with E-state index >= 15 is 0 Å². The Morgan fingerprint density at radius 3 is 2.48 bits per heavy atom. The van der Waals surface area contributed by atoms with Gasteiger partial charge < -0.3 is 9.80 Å². The summed E-state index contributed by atoms with van der Waals surface area (Å²) >= 11 is 1.35. The van der Waals surface area contributed by atoms with Gasteiger partial charge in [-0.15, -0.1) is 11.3 Å². The molecule has 0 spiro atoms. The number of likely N-dealkylation sites (N-methyl/N-ethyl adjacent to an activating group) is 1. The Hall–Kier alpha value is -2.34. The minimum atomic E-state index is -3.92. The number of anilines is 1. The van der Waals surface area contributed by atoms with Gasteiger partial charge in [-0.05, 0) is 19.2 Å². The summed E-state index contributed by atoms with van der Waals surface area (Å²) in [6.07, 6.45) is 2.97. The molecule has 0 atom stereocenters. The van der Waals surface area contributed by atoms with Crippen LogP contribution in [0.25, 0.3) is 16.2 Å². The first-order chi connectivity index (χ1) is 13.8. The van der Waals surface area contributed by atoms with Gasteiger partial charge in [0.1, 0.15) is 10.7 Å². The van der Waals surface area contributed by atoms with Crippen molar-refractivity contribution in [1.29, 1.82) is 0 Å². The van der Waals surface area contributed by atoms with Gasteiger partial charge in [0.05, 0.1) is 5.39 Å². The number of pyridine rings is 2. The number of sulfonamides is 1. The third-order valence-electron chi connectivity index (χ3n) is 5.01. The van der Waals surface area contributed by atoms with Crippen LogP contribution in [0.2, 0.25) is 0 Å². The van der Waals surface area contributed by atoms with E-state index in [0.29, 0.717) is 10.8 Å². The molecule has 9 nitrogen and oxygen atoms in total. The maximum absolute atomic E-state index is 13.0. The average molecular weight is 435 g/mol. The Morgan fingerprint density at radius 2 is 1.86 bits per heavy atom. The number of fused-ring (bicyclic) bond motifs is 1. The van der Waals surface area contributed by atoms with E-state index in [4.69, 9.17) is 4.98 Å². The molecular formula is C18H22N6O3S2. The van der Waals surface area contributed by atoms with E-state index in [2.05, 4.69) is 21.8 Å². The molecule has 4 rings (SSSR count). The van der Waals surface area contributed by atoms with Crippen molar-refractivity contribution in [3.05, 3.63) is 40.1 Å². The summed E-state index contributed by atoms with van der Waals surface area (Å²) in [5, 5.41) is 2.60. The van der Waals surface area contributed by atoms with Crippen LogP contribution in [0.15, 0.2) is 39.6 Å². The summed E-state index contributed by atoms with van der Waals surface area (Å²) < 4.78 is 28.1. The van der Waals surface area contributed by atoms with Crippen LogP contribution in [0.1, 0.15) is 0 Å². The molecule has 0 unspecified atom stereocenters. The van der Waals surface area contributed by atoms with Gasteiger partial charge in [0.25, 0.3) is 0 Å². The molecule has 1 saturated heterocycles. The van der Waals surface area contributed by atoms with Gasteiger partial charge in [-0.25, -0.2) is 22.7 Å². The molecule has 0 amide bonds. The molecular weight excluding hydrogens is 412 g/mol. The van der Waals surface area contributed by atoms with Crippen molar-refractivity contribution in [3.63, 3.8) is 0 Å². The van der Waals surface area contributed by atoms with E-state index in [-0.39, 0.29) is 10.3 Å². The molecule has 0 radical (unpaired) electrons. The molecule has 4 heterocycles. The van der Waals surface area contributed by atoms with Crippen molar-refractivity contribution in [2.75, 3.05) is 52.2 Å². The van der Waals surface area contributed by atoms with Crippen LogP contribution in [-0.2, 0) is 10.0 Å². The lowest BCUT2D eigenvalue weighted by molar-refractivity contribution is 0.312. The van der Waals surface area contributed by atoms with Crippen LogP contribution in [0, 0.1) is 0 Å². The fraction of sp³-hybridized carbons (Fsp3) is 0.389. The minimum Gasteiger partial charge on any atom is -0.354 e. The smallest absolute Gasteiger partial charge is 0.247 e. The normalized spacial score (nSPS) is 16.1. The Balaban J connectivity index is 1.95. The predicted octanol–water partition coefficient (Wildman–Crippen LogP) is 0.844. The van der Waals surface area contributed by atoms with Crippen LogP contribution in [0.3, 0.4) is 0 Å². The fourth-order valence-electron chi connectivity index (χ4n) is 3.24. The molecule has 0 N–H and O–H groups in total. The first kappa shape index (κ1) is 20.0. The van der Waals surface area contributed by atoms with Crippen molar-refractivity contribution in [3.8, 4) is 5.13 Å². The van der Waals surface area contributed by atoms with Crippen LogP contribution in [-0.4, -0.2) is 79.5 Å². The van der Waals surface area contributed by atoms with Gasteiger partial charge in [-0.2, -0.15) is 0 Å². The third-order valence-corrected chi connectivity index (χ3v) is 7.59. The summed E-state index contributed by atoms with van der Waals surface area (Å²) in [4.78, 5) is 26.2. The standard InChI is InChI=1S/C18H22N6O3S2/c1-21(2)29(26,27)14-12-24(18-19-6-11-28-18)17-13(16(14)25)4-5-15(20-17)23-9-7-22(3)8-10-23/h4-6,11-12H,7-10H2,1-3H3. The first-order valence-corrected chi connectivity index (χ1v) is 11.4. The van der Waals surface area contributed by atoms with Gasteiger partial charge in [0, 0.05) is 58.0 Å². The number of piperazine rings is 1. The van der Waals surface area contributed by atoms with E-state index in [9.17, 15) is 13.2 Å². The highest BCUT2D eigenvalue weighted by Crippen LogP contribution is 2.23. The van der Waals surface area contributed by atoms with Gasteiger partial charge in [0.15, 0.2) is 10.8 Å². The summed E-state index contributed by atoms with van der Waals surface area (Å²) in [6.45, 7) is 3.53. The van der Waals surface area contributed by atoms with E-state index in [1.165, 1.54) is 31.6 Å². The molecule has 0 bridgehead atoms. The predicted molar refractivity (Wildman–Crippen MR) is 114 cm³/mol. The highest BCUT2D eigenvalue weighted by molar-refractivity contribution is 7.89.